The molecule has 0 spiro atoms. The van der Waals surface area contributed by atoms with Crippen molar-refractivity contribution in [3.8, 4) is 5.88 Å². The first-order chi connectivity index (χ1) is 11.2. The van der Waals surface area contributed by atoms with Gasteiger partial charge in [-0.2, -0.15) is 4.98 Å². The fourth-order valence-electron chi connectivity index (χ4n) is 2.64. The van der Waals surface area contributed by atoms with E-state index in [9.17, 15) is 4.79 Å². The van der Waals surface area contributed by atoms with Crippen LogP contribution in [0.4, 0.5) is 0 Å². The van der Waals surface area contributed by atoms with Crippen molar-refractivity contribution in [3.63, 3.8) is 0 Å². The molecule has 0 aromatic carbocycles. The quantitative estimate of drug-likeness (QED) is 0.867. The zero-order chi connectivity index (χ0) is 16.1. The molecule has 0 atom stereocenters. The number of rotatable bonds is 6. The molecule has 1 N–H and O–H groups in total. The fraction of sp³-hybridized carbons (Fsp3) is 0.600. The zero-order valence-electron chi connectivity index (χ0n) is 13.1. The number of nitrogens with one attached hydrogen (secondary N) is 1. The molecule has 1 saturated carbocycles. The second-order valence-corrected chi connectivity index (χ2v) is 5.75. The lowest BCUT2D eigenvalue weighted by molar-refractivity contribution is -0.121. The van der Waals surface area contributed by atoms with Gasteiger partial charge in [0.25, 0.3) is 11.8 Å². The predicted molar refractivity (Wildman–Crippen MR) is 78.6 cm³/mol. The third kappa shape index (κ3) is 4.54. The van der Waals surface area contributed by atoms with Crippen molar-refractivity contribution in [1.82, 2.24) is 20.6 Å². The standard InChI is InChI=1S/C15H20N4O4/c1-10-7-14(19-22-10)21-9-15-17-12(18-23-15)8-13(20)16-11-5-3-2-4-6-11/h7,11H,2-6,8-9H2,1H3,(H,16,20). The summed E-state index contributed by atoms with van der Waals surface area (Å²) >= 11 is 0. The molecule has 124 valence electrons. The Labute approximate surface area is 133 Å². The second kappa shape index (κ2) is 7.26. The van der Waals surface area contributed by atoms with Gasteiger partial charge in [-0.25, -0.2) is 0 Å². The molecule has 2 aromatic heterocycles. The molecule has 0 saturated heterocycles. The molecule has 8 heteroatoms. The molecule has 0 aliphatic heterocycles. The second-order valence-electron chi connectivity index (χ2n) is 5.75. The summed E-state index contributed by atoms with van der Waals surface area (Å²) in [4.78, 5) is 16.1. The molecule has 3 rings (SSSR count). The zero-order valence-corrected chi connectivity index (χ0v) is 13.1. The van der Waals surface area contributed by atoms with Crippen molar-refractivity contribution in [1.29, 1.82) is 0 Å². The number of amides is 1. The number of carbonyl (C=O) groups excluding carboxylic acids is 1. The maximum absolute atomic E-state index is 12.0. The molecule has 2 heterocycles. The van der Waals surface area contributed by atoms with Gasteiger partial charge in [-0.1, -0.05) is 24.4 Å². The number of nitrogens with zero attached hydrogens (tertiary/aromatic N) is 3. The molecular formula is C15H20N4O4. The Morgan fingerprint density at radius 3 is 2.87 bits per heavy atom. The summed E-state index contributed by atoms with van der Waals surface area (Å²) < 4.78 is 15.3. The Morgan fingerprint density at radius 1 is 1.30 bits per heavy atom. The lowest BCUT2D eigenvalue weighted by Crippen LogP contribution is -2.37. The highest BCUT2D eigenvalue weighted by Gasteiger charge is 2.18. The Hall–Kier alpha value is -2.38. The van der Waals surface area contributed by atoms with Crippen molar-refractivity contribution >= 4 is 5.91 Å². The van der Waals surface area contributed by atoms with Crippen molar-refractivity contribution in [2.75, 3.05) is 0 Å². The average molecular weight is 320 g/mol. The highest BCUT2D eigenvalue weighted by atomic mass is 16.6. The Morgan fingerprint density at radius 2 is 2.13 bits per heavy atom. The number of aromatic nitrogens is 3. The summed E-state index contributed by atoms with van der Waals surface area (Å²) in [5, 5.41) is 10.5. The molecule has 1 amide bonds. The monoisotopic (exact) mass is 320 g/mol. The number of ether oxygens (including phenoxy) is 1. The van der Waals surface area contributed by atoms with Gasteiger partial charge in [0, 0.05) is 12.1 Å². The summed E-state index contributed by atoms with van der Waals surface area (Å²) in [5.74, 6) is 1.60. The first-order valence-electron chi connectivity index (χ1n) is 7.86. The maximum Gasteiger partial charge on any atom is 0.264 e. The van der Waals surface area contributed by atoms with Crippen molar-refractivity contribution in [2.45, 2.75) is 58.1 Å². The summed E-state index contributed by atoms with van der Waals surface area (Å²) in [6, 6.07) is 1.94. The van der Waals surface area contributed by atoms with Crippen LogP contribution in [-0.2, 0) is 17.8 Å². The summed E-state index contributed by atoms with van der Waals surface area (Å²) in [5.41, 5.74) is 0. The first kappa shape index (κ1) is 15.5. The summed E-state index contributed by atoms with van der Waals surface area (Å²) in [6.07, 6.45) is 5.82. The fourth-order valence-corrected chi connectivity index (χ4v) is 2.64. The van der Waals surface area contributed by atoms with Gasteiger partial charge in [-0.15, -0.1) is 0 Å². The third-order valence-electron chi connectivity index (χ3n) is 3.75. The largest absolute Gasteiger partial charge is 0.465 e. The number of carbonyl (C=O) groups is 1. The van der Waals surface area contributed by atoms with E-state index < -0.39 is 0 Å². The van der Waals surface area contributed by atoms with Crippen LogP contribution in [0.15, 0.2) is 15.1 Å². The van der Waals surface area contributed by atoms with Crippen LogP contribution in [-0.4, -0.2) is 27.2 Å². The van der Waals surface area contributed by atoms with E-state index in [1.54, 1.807) is 13.0 Å². The van der Waals surface area contributed by atoms with Crippen LogP contribution >= 0.6 is 0 Å². The van der Waals surface area contributed by atoms with Crippen LogP contribution in [0.5, 0.6) is 5.88 Å². The van der Waals surface area contributed by atoms with Gasteiger partial charge in [0.05, 0.1) is 6.42 Å². The molecule has 0 radical (unpaired) electrons. The molecule has 23 heavy (non-hydrogen) atoms. The first-order valence-corrected chi connectivity index (χ1v) is 7.86. The summed E-state index contributed by atoms with van der Waals surface area (Å²) in [6.45, 7) is 1.86. The smallest absolute Gasteiger partial charge is 0.264 e. The Kier molecular flexibility index (Phi) is 4.89. The lowest BCUT2D eigenvalue weighted by atomic mass is 9.95. The van der Waals surface area contributed by atoms with Gasteiger partial charge < -0.3 is 19.1 Å². The molecule has 2 aromatic rings. The molecule has 1 fully saturated rings. The van der Waals surface area contributed by atoms with E-state index in [1.165, 1.54) is 19.3 Å². The minimum atomic E-state index is -0.0719. The van der Waals surface area contributed by atoms with E-state index in [4.69, 9.17) is 13.8 Å². The molecule has 8 nitrogen and oxygen atoms in total. The normalized spacial score (nSPS) is 15.5. The summed E-state index contributed by atoms with van der Waals surface area (Å²) in [7, 11) is 0. The van der Waals surface area contributed by atoms with Crippen LogP contribution < -0.4 is 10.1 Å². The van der Waals surface area contributed by atoms with Crippen LogP contribution in [0.25, 0.3) is 0 Å². The highest BCUT2D eigenvalue weighted by Crippen LogP contribution is 2.17. The van der Waals surface area contributed by atoms with Crippen LogP contribution in [0, 0.1) is 6.92 Å². The van der Waals surface area contributed by atoms with Crippen LogP contribution in [0.1, 0.15) is 49.6 Å². The van der Waals surface area contributed by atoms with E-state index in [0.717, 1.165) is 12.8 Å². The van der Waals surface area contributed by atoms with Gasteiger partial charge in [-0.05, 0) is 24.9 Å². The van der Waals surface area contributed by atoms with E-state index in [-0.39, 0.29) is 25.0 Å². The van der Waals surface area contributed by atoms with Crippen molar-refractivity contribution < 1.29 is 18.6 Å². The SMILES string of the molecule is Cc1cc(OCc2nc(CC(=O)NC3CCCCC3)no2)no1. The lowest BCUT2D eigenvalue weighted by Gasteiger charge is -2.22. The number of hydrogen-bond acceptors (Lipinski definition) is 7. The van der Waals surface area contributed by atoms with Crippen LogP contribution in [0.2, 0.25) is 0 Å². The van der Waals surface area contributed by atoms with Gasteiger partial charge in [0.15, 0.2) is 12.4 Å². The Bertz CT molecular complexity index is 645. The van der Waals surface area contributed by atoms with Gasteiger partial charge in [-0.3, -0.25) is 4.79 Å². The van der Waals surface area contributed by atoms with Crippen molar-refractivity contribution in [2.24, 2.45) is 0 Å². The average Bonchev–Trinajstić information content (AvgIpc) is 3.15. The van der Waals surface area contributed by atoms with Gasteiger partial charge in [0.1, 0.15) is 5.76 Å². The Balaban J connectivity index is 1.45. The molecule has 1 aliphatic rings. The number of hydrogen-bond donors (Lipinski definition) is 1. The molecule has 0 bridgehead atoms. The maximum atomic E-state index is 12.0. The minimum Gasteiger partial charge on any atom is -0.465 e. The van der Waals surface area contributed by atoms with E-state index in [0.29, 0.717) is 23.4 Å². The third-order valence-corrected chi connectivity index (χ3v) is 3.75. The van der Waals surface area contributed by atoms with Crippen LogP contribution in [0.3, 0.4) is 0 Å². The minimum absolute atomic E-state index is 0.0719. The number of aryl methyl sites for hydroxylation is 1. The highest BCUT2D eigenvalue weighted by molar-refractivity contribution is 5.78. The van der Waals surface area contributed by atoms with Gasteiger partial charge in [0.2, 0.25) is 5.91 Å². The van der Waals surface area contributed by atoms with Gasteiger partial charge >= 0.3 is 0 Å². The molecule has 0 unspecified atom stereocenters. The van der Waals surface area contributed by atoms with E-state index in [1.807, 2.05) is 0 Å². The molecular weight excluding hydrogens is 300 g/mol. The van der Waals surface area contributed by atoms with Crippen molar-refractivity contribution in [3.05, 3.63) is 23.5 Å². The topological polar surface area (TPSA) is 103 Å². The van der Waals surface area contributed by atoms with E-state index in [2.05, 4.69) is 20.6 Å². The predicted octanol–water partition coefficient (Wildman–Crippen LogP) is 1.94. The molecule has 1 aliphatic carbocycles. The van der Waals surface area contributed by atoms with E-state index >= 15 is 0 Å².